The number of halogens is 1. The molecule has 0 fully saturated rings. The monoisotopic (exact) mass is 329 g/mol. The lowest BCUT2D eigenvalue weighted by atomic mass is 9.96. The highest BCUT2D eigenvalue weighted by Gasteiger charge is 2.16. The van der Waals surface area contributed by atoms with E-state index in [4.69, 9.17) is 11.6 Å². The topological polar surface area (TPSA) is 29.1 Å². The molecule has 2 aromatic carbocycles. The van der Waals surface area contributed by atoms with Crippen molar-refractivity contribution in [1.29, 1.82) is 0 Å². The van der Waals surface area contributed by atoms with E-state index in [1.165, 1.54) is 5.56 Å². The molecule has 2 aromatic rings. The van der Waals surface area contributed by atoms with Crippen LogP contribution in [0.2, 0.25) is 5.02 Å². The third-order valence-electron chi connectivity index (χ3n) is 4.04. The van der Waals surface area contributed by atoms with Crippen molar-refractivity contribution in [3.8, 4) is 0 Å². The molecule has 0 aliphatic heterocycles. The molecule has 0 bridgehead atoms. The molecule has 0 aliphatic carbocycles. The van der Waals surface area contributed by atoms with Crippen LogP contribution in [0.15, 0.2) is 42.5 Å². The third kappa shape index (κ3) is 4.59. The highest BCUT2D eigenvalue weighted by molar-refractivity contribution is 6.31. The summed E-state index contributed by atoms with van der Waals surface area (Å²) in [5, 5.41) is 3.63. The number of benzene rings is 2. The first-order valence-electron chi connectivity index (χ1n) is 8.03. The second kappa shape index (κ2) is 7.65. The van der Waals surface area contributed by atoms with Crippen molar-refractivity contribution in [2.75, 3.05) is 5.32 Å². The molecular weight excluding hydrogens is 306 g/mol. The van der Waals surface area contributed by atoms with Crippen LogP contribution in [0.4, 0.5) is 5.69 Å². The van der Waals surface area contributed by atoms with Crippen molar-refractivity contribution in [1.82, 2.24) is 0 Å². The van der Waals surface area contributed by atoms with Crippen LogP contribution < -0.4 is 5.32 Å². The van der Waals surface area contributed by atoms with Crippen LogP contribution in [0, 0.1) is 12.8 Å². The van der Waals surface area contributed by atoms with Crippen LogP contribution >= 0.6 is 11.6 Å². The lowest BCUT2D eigenvalue weighted by Crippen LogP contribution is -2.19. The number of anilines is 1. The first-order chi connectivity index (χ1) is 10.9. The van der Waals surface area contributed by atoms with Gasteiger partial charge in [0.2, 0.25) is 5.91 Å². The molecule has 0 unspecified atom stereocenters. The normalized spacial score (nSPS) is 12.3. The Bertz CT molecular complexity index is 677. The standard InChI is InChI=1S/C20H24ClNO/c1-13(2)12-16-8-10-17(11-9-16)14(3)20(23)22-19-7-5-6-18(21)15(19)4/h5-11,13-14H,12H2,1-4H3,(H,22,23)/t14-/m1/s1. The van der Waals surface area contributed by atoms with E-state index in [1.807, 2.05) is 44.2 Å². The van der Waals surface area contributed by atoms with Gasteiger partial charge in [0.1, 0.15) is 0 Å². The van der Waals surface area contributed by atoms with E-state index in [0.29, 0.717) is 10.9 Å². The molecule has 122 valence electrons. The number of hydrogen-bond acceptors (Lipinski definition) is 1. The van der Waals surface area contributed by atoms with Gasteiger partial charge in [0, 0.05) is 10.7 Å². The average molecular weight is 330 g/mol. The molecule has 0 aliphatic rings. The van der Waals surface area contributed by atoms with Crippen molar-refractivity contribution in [2.45, 2.75) is 40.0 Å². The Morgan fingerprint density at radius 1 is 1.09 bits per heavy atom. The molecule has 0 aromatic heterocycles. The van der Waals surface area contributed by atoms with Gasteiger partial charge in [-0.2, -0.15) is 0 Å². The predicted molar refractivity (Wildman–Crippen MR) is 98.2 cm³/mol. The van der Waals surface area contributed by atoms with Gasteiger partial charge < -0.3 is 5.32 Å². The summed E-state index contributed by atoms with van der Waals surface area (Å²) in [4.78, 5) is 12.5. The van der Waals surface area contributed by atoms with Crippen LogP contribution in [-0.4, -0.2) is 5.91 Å². The molecular formula is C20H24ClNO. The minimum atomic E-state index is -0.207. The van der Waals surface area contributed by atoms with E-state index < -0.39 is 0 Å². The van der Waals surface area contributed by atoms with Crippen LogP contribution in [-0.2, 0) is 11.2 Å². The van der Waals surface area contributed by atoms with Crippen molar-refractivity contribution in [2.24, 2.45) is 5.92 Å². The Hall–Kier alpha value is -1.80. The highest BCUT2D eigenvalue weighted by atomic mass is 35.5. The van der Waals surface area contributed by atoms with Crippen LogP contribution in [0.1, 0.15) is 43.4 Å². The Morgan fingerprint density at radius 3 is 2.35 bits per heavy atom. The lowest BCUT2D eigenvalue weighted by Gasteiger charge is -2.15. The number of carbonyl (C=O) groups is 1. The second-order valence-electron chi connectivity index (χ2n) is 6.46. The van der Waals surface area contributed by atoms with Gasteiger partial charge in [-0.25, -0.2) is 0 Å². The van der Waals surface area contributed by atoms with E-state index in [1.54, 1.807) is 0 Å². The van der Waals surface area contributed by atoms with Gasteiger partial charge in [0.15, 0.2) is 0 Å². The zero-order valence-corrected chi connectivity index (χ0v) is 14.9. The van der Waals surface area contributed by atoms with Gasteiger partial charge in [0.25, 0.3) is 0 Å². The highest BCUT2D eigenvalue weighted by Crippen LogP contribution is 2.25. The summed E-state index contributed by atoms with van der Waals surface area (Å²) in [5.74, 6) is 0.404. The third-order valence-corrected chi connectivity index (χ3v) is 4.45. The van der Waals surface area contributed by atoms with Gasteiger partial charge in [-0.1, -0.05) is 55.8 Å². The molecule has 0 saturated heterocycles. The summed E-state index contributed by atoms with van der Waals surface area (Å²) in [7, 11) is 0. The number of carbonyl (C=O) groups excluding carboxylic acids is 1. The molecule has 0 saturated carbocycles. The smallest absolute Gasteiger partial charge is 0.231 e. The van der Waals surface area contributed by atoms with Gasteiger partial charge in [-0.3, -0.25) is 4.79 Å². The summed E-state index contributed by atoms with van der Waals surface area (Å²) >= 11 is 6.10. The minimum absolute atomic E-state index is 0.0213. The lowest BCUT2D eigenvalue weighted by molar-refractivity contribution is -0.117. The van der Waals surface area contributed by atoms with Gasteiger partial charge in [-0.15, -0.1) is 0 Å². The maximum Gasteiger partial charge on any atom is 0.231 e. The molecule has 1 amide bonds. The zero-order chi connectivity index (χ0) is 17.0. The van der Waals surface area contributed by atoms with E-state index in [-0.39, 0.29) is 11.8 Å². The fraction of sp³-hybridized carbons (Fsp3) is 0.350. The maximum atomic E-state index is 12.5. The molecule has 2 rings (SSSR count). The predicted octanol–water partition coefficient (Wildman–Crippen LogP) is 5.59. The van der Waals surface area contributed by atoms with E-state index in [2.05, 4.69) is 31.3 Å². The van der Waals surface area contributed by atoms with Gasteiger partial charge >= 0.3 is 0 Å². The molecule has 0 radical (unpaired) electrons. The Balaban J connectivity index is 2.08. The van der Waals surface area contributed by atoms with Crippen LogP contribution in [0.3, 0.4) is 0 Å². The fourth-order valence-corrected chi connectivity index (χ4v) is 2.72. The summed E-state index contributed by atoms with van der Waals surface area (Å²) in [5.41, 5.74) is 3.99. The minimum Gasteiger partial charge on any atom is -0.325 e. The average Bonchev–Trinajstić information content (AvgIpc) is 2.51. The summed E-state index contributed by atoms with van der Waals surface area (Å²) in [6.45, 7) is 8.24. The second-order valence-corrected chi connectivity index (χ2v) is 6.87. The maximum absolute atomic E-state index is 12.5. The quantitative estimate of drug-likeness (QED) is 0.761. The molecule has 0 spiro atoms. The number of rotatable bonds is 5. The van der Waals surface area contributed by atoms with E-state index in [0.717, 1.165) is 23.2 Å². The fourth-order valence-electron chi connectivity index (χ4n) is 2.55. The van der Waals surface area contributed by atoms with E-state index in [9.17, 15) is 4.79 Å². The molecule has 23 heavy (non-hydrogen) atoms. The summed E-state index contributed by atoms with van der Waals surface area (Å²) in [6, 6.07) is 13.9. The van der Waals surface area contributed by atoms with Crippen molar-refractivity contribution in [3.63, 3.8) is 0 Å². The number of hydrogen-bond donors (Lipinski definition) is 1. The molecule has 1 N–H and O–H groups in total. The molecule has 2 nitrogen and oxygen atoms in total. The molecule has 0 heterocycles. The number of nitrogens with one attached hydrogen (secondary N) is 1. The Kier molecular flexibility index (Phi) is 5.84. The Morgan fingerprint density at radius 2 is 1.74 bits per heavy atom. The zero-order valence-electron chi connectivity index (χ0n) is 14.2. The van der Waals surface area contributed by atoms with Crippen molar-refractivity contribution >= 4 is 23.2 Å². The first kappa shape index (κ1) is 17.6. The van der Waals surface area contributed by atoms with Gasteiger partial charge in [0.05, 0.1) is 5.92 Å². The van der Waals surface area contributed by atoms with Gasteiger partial charge in [-0.05, 0) is 55.0 Å². The Labute approximate surface area is 143 Å². The van der Waals surface area contributed by atoms with Crippen LogP contribution in [0.5, 0.6) is 0 Å². The molecule has 3 heteroatoms. The summed E-state index contributed by atoms with van der Waals surface area (Å²) < 4.78 is 0. The van der Waals surface area contributed by atoms with Crippen LogP contribution in [0.25, 0.3) is 0 Å². The summed E-state index contributed by atoms with van der Waals surface area (Å²) in [6.07, 6.45) is 1.06. The molecule has 1 atom stereocenters. The number of amides is 1. The van der Waals surface area contributed by atoms with Crippen molar-refractivity contribution in [3.05, 3.63) is 64.2 Å². The van der Waals surface area contributed by atoms with E-state index >= 15 is 0 Å². The SMILES string of the molecule is Cc1c(Cl)cccc1NC(=O)[C@H](C)c1ccc(CC(C)C)cc1. The first-order valence-corrected chi connectivity index (χ1v) is 8.41. The van der Waals surface area contributed by atoms with Crippen molar-refractivity contribution < 1.29 is 4.79 Å². The largest absolute Gasteiger partial charge is 0.325 e.